The Hall–Kier alpha value is -0.390. The van der Waals surface area contributed by atoms with Crippen LogP contribution < -0.4 is 19.3 Å². The van der Waals surface area contributed by atoms with Crippen molar-refractivity contribution in [2.24, 2.45) is 41.4 Å². The Balaban J connectivity index is 1.18. The topological polar surface area (TPSA) is 18.5 Å². The first-order valence-corrected chi connectivity index (χ1v) is 16.0. The van der Waals surface area contributed by atoms with Crippen LogP contribution in [-0.2, 0) is 6.13 Å². The van der Waals surface area contributed by atoms with E-state index in [-0.39, 0.29) is 0 Å². The van der Waals surface area contributed by atoms with Crippen molar-refractivity contribution in [1.82, 2.24) is 0 Å². The molecule has 9 atom stereocenters. The molecule has 0 saturated heterocycles. The molecule has 0 aromatic carbocycles. The molecule has 0 aromatic heterocycles. The van der Waals surface area contributed by atoms with Crippen LogP contribution in [-0.4, -0.2) is 21.6 Å². The van der Waals surface area contributed by atoms with Crippen LogP contribution in [0.15, 0.2) is 48.1 Å². The molecule has 2 saturated carbocycles. The van der Waals surface area contributed by atoms with E-state index in [0.29, 0.717) is 15.8 Å². The molecule has 28 heavy (non-hydrogen) atoms. The van der Waals surface area contributed by atoms with Crippen LogP contribution in [0.2, 0.25) is 0 Å². The van der Waals surface area contributed by atoms with Gasteiger partial charge in [-0.3, -0.25) is 0 Å². The van der Waals surface area contributed by atoms with Crippen molar-refractivity contribution in [3.05, 3.63) is 48.1 Å². The number of fused-ring (bicyclic) bond motifs is 5. The molecule has 154 valence electrons. The number of hydrogen-bond donors (Lipinski definition) is 0. The summed E-state index contributed by atoms with van der Waals surface area (Å²) in [4.78, 5) is 0. The molecule has 6 aliphatic rings. The molecule has 0 aromatic rings. The molecule has 9 unspecified atom stereocenters. The Morgan fingerprint density at radius 2 is 1.61 bits per heavy atom. The van der Waals surface area contributed by atoms with E-state index < -0.39 is 19.3 Å². The molecular weight excluding hydrogens is 459 g/mol. The van der Waals surface area contributed by atoms with Gasteiger partial charge in [0.15, 0.2) is 0 Å². The van der Waals surface area contributed by atoms with Crippen molar-refractivity contribution in [2.45, 2.75) is 43.0 Å². The van der Waals surface area contributed by atoms with E-state index in [1.807, 2.05) is 0 Å². The predicted octanol–water partition coefficient (Wildman–Crippen LogP) is 2.34. The minimum absolute atomic E-state index is 0.626. The van der Waals surface area contributed by atoms with Crippen LogP contribution >= 0.6 is 0 Å². The summed E-state index contributed by atoms with van der Waals surface area (Å²) in [6.45, 7) is 4.26. The van der Waals surface area contributed by atoms with E-state index in [2.05, 4.69) is 49.5 Å². The Labute approximate surface area is 175 Å². The number of hydrogen-bond acceptors (Lipinski definition) is 2. The number of rotatable bonds is 8. The Morgan fingerprint density at radius 3 is 2.14 bits per heavy atom. The normalized spacial score (nSPS) is 47.2. The minimum atomic E-state index is -2.74. The molecule has 2 fully saturated rings. The van der Waals surface area contributed by atoms with Gasteiger partial charge in [0.2, 0.25) is 0 Å². The summed E-state index contributed by atoms with van der Waals surface area (Å²) in [5.41, 5.74) is 1.53. The first-order valence-electron chi connectivity index (χ1n) is 11.5. The molecule has 0 spiro atoms. The monoisotopic (exact) mass is 493 g/mol. The maximum atomic E-state index is 7.05. The molecule has 3 heteroatoms. The van der Waals surface area contributed by atoms with E-state index >= 15 is 0 Å². The summed E-state index contributed by atoms with van der Waals surface area (Å²) in [7, 11) is 0. The van der Waals surface area contributed by atoms with Crippen LogP contribution in [0.4, 0.5) is 0 Å². The van der Waals surface area contributed by atoms with Crippen molar-refractivity contribution in [3.8, 4) is 0 Å². The zero-order valence-electron chi connectivity index (χ0n) is 17.0. The summed E-state index contributed by atoms with van der Waals surface area (Å²) in [5, 5.41) is 0. The molecular formula is C25H34IO2-. The summed E-state index contributed by atoms with van der Waals surface area (Å²) in [6, 6.07) is 0. The van der Waals surface area contributed by atoms with Crippen molar-refractivity contribution in [2.75, 3.05) is 17.6 Å². The van der Waals surface area contributed by atoms with Gasteiger partial charge in [0.05, 0.1) is 0 Å². The third-order valence-corrected chi connectivity index (χ3v) is 17.1. The molecule has 2 nitrogen and oxygen atoms in total. The van der Waals surface area contributed by atoms with E-state index in [4.69, 9.17) is 6.13 Å². The molecule has 0 heterocycles. The quantitative estimate of drug-likeness (QED) is 0.294. The third-order valence-electron chi connectivity index (χ3n) is 8.32. The molecule has 6 aliphatic carbocycles. The SMILES string of the molecule is CC[I-](OCC1CC2=CC1C=C2)(OCC1CC2C=CC1C2)C1CC2C=CC1C2. The van der Waals surface area contributed by atoms with Crippen molar-refractivity contribution in [1.29, 1.82) is 0 Å². The van der Waals surface area contributed by atoms with Gasteiger partial charge in [0.25, 0.3) is 0 Å². The first-order chi connectivity index (χ1) is 13.7. The molecule has 0 radical (unpaired) electrons. The van der Waals surface area contributed by atoms with Gasteiger partial charge >= 0.3 is 176 Å². The van der Waals surface area contributed by atoms with E-state index in [1.165, 1.54) is 37.7 Å². The van der Waals surface area contributed by atoms with Crippen molar-refractivity contribution >= 4 is 0 Å². The van der Waals surface area contributed by atoms with Gasteiger partial charge in [0, 0.05) is 0 Å². The van der Waals surface area contributed by atoms with Crippen LogP contribution in [0.3, 0.4) is 0 Å². The van der Waals surface area contributed by atoms with Crippen molar-refractivity contribution in [3.63, 3.8) is 0 Å². The second-order valence-electron chi connectivity index (χ2n) is 9.91. The third kappa shape index (κ3) is 3.02. The van der Waals surface area contributed by atoms with Gasteiger partial charge in [-0.1, -0.05) is 0 Å². The van der Waals surface area contributed by atoms with Crippen molar-refractivity contribution < 1.29 is 25.4 Å². The van der Waals surface area contributed by atoms with E-state index in [1.54, 1.807) is 0 Å². The van der Waals surface area contributed by atoms with Gasteiger partial charge in [0.1, 0.15) is 0 Å². The van der Waals surface area contributed by atoms with Gasteiger partial charge in [-0.05, 0) is 0 Å². The summed E-state index contributed by atoms with van der Waals surface area (Å²) < 4.78 is 15.9. The van der Waals surface area contributed by atoms with Crippen LogP contribution in [0.5, 0.6) is 0 Å². The van der Waals surface area contributed by atoms with Crippen LogP contribution in [0.25, 0.3) is 0 Å². The number of alkyl halides is 2. The standard InChI is InChI=1S/C25H34IO2/c1-2-26(25-14-19-5-8-22(25)11-19,27-15-23-12-17-3-6-20(23)9-17)28-16-24-13-18-4-7-21(24)10-18/h3-9,18-25H,2,10-16H2,1H3/q-1. The van der Waals surface area contributed by atoms with Gasteiger partial charge in [-0.2, -0.15) is 0 Å². The number of allylic oxidation sites excluding steroid dienone is 8. The van der Waals surface area contributed by atoms with Gasteiger partial charge in [-0.25, -0.2) is 0 Å². The molecule has 0 amide bonds. The molecule has 0 N–H and O–H groups in total. The fourth-order valence-electron chi connectivity index (χ4n) is 6.73. The zero-order valence-corrected chi connectivity index (χ0v) is 19.2. The maximum absolute atomic E-state index is 7.05. The first kappa shape index (κ1) is 18.4. The Bertz CT molecular complexity index is 744. The average Bonchev–Trinajstić information content (AvgIpc) is 3.55. The fourth-order valence-corrected chi connectivity index (χ4v) is 15.4. The van der Waals surface area contributed by atoms with Gasteiger partial charge < -0.3 is 0 Å². The molecule has 6 rings (SSSR count). The van der Waals surface area contributed by atoms with Crippen LogP contribution in [0.1, 0.15) is 39.0 Å². The average molecular weight is 493 g/mol. The number of halogens is 1. The fraction of sp³-hybridized carbons (Fsp3) is 0.680. The summed E-state index contributed by atoms with van der Waals surface area (Å²) >= 11 is -2.74. The molecule has 0 aliphatic heterocycles. The second kappa shape index (κ2) is 7.09. The van der Waals surface area contributed by atoms with Gasteiger partial charge in [-0.15, -0.1) is 0 Å². The Morgan fingerprint density at radius 1 is 0.857 bits per heavy atom. The molecule has 6 bridgehead atoms. The second-order valence-corrected chi connectivity index (χ2v) is 17.8. The predicted molar refractivity (Wildman–Crippen MR) is 109 cm³/mol. The summed E-state index contributed by atoms with van der Waals surface area (Å²) in [5.74, 6) is 5.19. The van der Waals surface area contributed by atoms with E-state index in [9.17, 15) is 0 Å². The summed E-state index contributed by atoms with van der Waals surface area (Å²) in [6.07, 6.45) is 23.7. The van der Waals surface area contributed by atoms with Crippen LogP contribution in [0, 0.1) is 41.4 Å². The Kier molecular flexibility index (Phi) is 4.66. The zero-order chi connectivity index (χ0) is 18.7. The van der Waals surface area contributed by atoms with E-state index in [0.717, 1.165) is 47.2 Å².